The van der Waals surface area contributed by atoms with E-state index in [1.165, 1.54) is 6.92 Å². The molecule has 1 aromatic heterocycles. The summed E-state index contributed by atoms with van der Waals surface area (Å²) in [5.41, 5.74) is 0.689. The summed E-state index contributed by atoms with van der Waals surface area (Å²) in [6, 6.07) is -0.914. The minimum absolute atomic E-state index is 0.204. The highest BCUT2D eigenvalue weighted by atomic mass is 16.4. The van der Waals surface area contributed by atoms with E-state index >= 15 is 0 Å². The molecular formula is C9H13N3O3. The Morgan fingerprint density at radius 1 is 1.67 bits per heavy atom. The molecule has 1 rings (SSSR count). The lowest BCUT2D eigenvalue weighted by Crippen LogP contribution is -2.41. The van der Waals surface area contributed by atoms with Crippen LogP contribution in [-0.2, 0) is 16.0 Å². The van der Waals surface area contributed by atoms with Gasteiger partial charge in [0, 0.05) is 25.2 Å². The standard InChI is InChI=1S/C9H13N3O3/c1-5-10-4-7(11-5)3-8(9(14)15)12-6(2)13/h4,8H,3H2,1-2H3,(H,10,11)(H,12,13)(H,14,15). The predicted molar refractivity (Wildman–Crippen MR) is 52.3 cm³/mol. The van der Waals surface area contributed by atoms with E-state index in [0.29, 0.717) is 5.69 Å². The molecule has 6 heteroatoms. The first-order valence-corrected chi connectivity index (χ1v) is 4.49. The molecule has 0 spiro atoms. The zero-order valence-corrected chi connectivity index (χ0v) is 8.57. The van der Waals surface area contributed by atoms with Crippen LogP contribution in [0.15, 0.2) is 6.20 Å². The molecule has 1 unspecified atom stereocenters. The highest BCUT2D eigenvalue weighted by molar-refractivity contribution is 5.82. The number of nitrogens with zero attached hydrogens (tertiary/aromatic N) is 1. The number of H-pyrrole nitrogens is 1. The van der Waals surface area contributed by atoms with Crippen molar-refractivity contribution < 1.29 is 14.7 Å². The molecule has 1 amide bonds. The van der Waals surface area contributed by atoms with Crippen molar-refractivity contribution in [3.63, 3.8) is 0 Å². The fourth-order valence-corrected chi connectivity index (χ4v) is 1.24. The van der Waals surface area contributed by atoms with Crippen molar-refractivity contribution in [3.8, 4) is 0 Å². The molecule has 0 saturated heterocycles. The summed E-state index contributed by atoms with van der Waals surface area (Å²) >= 11 is 0. The number of rotatable bonds is 4. The van der Waals surface area contributed by atoms with Crippen LogP contribution in [0.25, 0.3) is 0 Å². The van der Waals surface area contributed by atoms with Gasteiger partial charge in [-0.05, 0) is 6.92 Å². The number of hydrogen-bond donors (Lipinski definition) is 3. The van der Waals surface area contributed by atoms with E-state index in [4.69, 9.17) is 5.11 Å². The molecule has 1 atom stereocenters. The van der Waals surface area contributed by atoms with Crippen LogP contribution in [-0.4, -0.2) is 33.0 Å². The van der Waals surface area contributed by atoms with Crippen molar-refractivity contribution in [2.45, 2.75) is 26.3 Å². The first kappa shape index (κ1) is 11.2. The van der Waals surface area contributed by atoms with Crippen molar-refractivity contribution in [1.82, 2.24) is 15.3 Å². The number of nitrogens with one attached hydrogen (secondary N) is 2. The third kappa shape index (κ3) is 3.41. The topological polar surface area (TPSA) is 95.1 Å². The van der Waals surface area contributed by atoms with Gasteiger partial charge in [-0.2, -0.15) is 0 Å². The monoisotopic (exact) mass is 211 g/mol. The third-order valence-electron chi connectivity index (χ3n) is 1.86. The van der Waals surface area contributed by atoms with Crippen LogP contribution in [0.4, 0.5) is 0 Å². The molecule has 1 heterocycles. The van der Waals surface area contributed by atoms with E-state index in [0.717, 1.165) is 5.82 Å². The molecular weight excluding hydrogens is 198 g/mol. The Morgan fingerprint density at radius 2 is 2.33 bits per heavy atom. The van der Waals surface area contributed by atoms with Gasteiger partial charge in [0.1, 0.15) is 11.9 Å². The van der Waals surface area contributed by atoms with Crippen LogP contribution in [0, 0.1) is 6.92 Å². The highest BCUT2D eigenvalue weighted by Crippen LogP contribution is 2.01. The van der Waals surface area contributed by atoms with Crippen LogP contribution in [0.5, 0.6) is 0 Å². The maximum atomic E-state index is 10.8. The molecule has 0 saturated carbocycles. The number of carboxylic acids is 1. The number of aliphatic carboxylic acids is 1. The zero-order chi connectivity index (χ0) is 11.4. The van der Waals surface area contributed by atoms with Crippen molar-refractivity contribution in [2.24, 2.45) is 0 Å². The van der Waals surface area contributed by atoms with E-state index < -0.39 is 12.0 Å². The molecule has 0 aliphatic heterocycles. The number of carboxylic acid groups (broad SMARTS) is 1. The van der Waals surface area contributed by atoms with Gasteiger partial charge in [-0.3, -0.25) is 4.79 Å². The summed E-state index contributed by atoms with van der Waals surface area (Å²) in [5, 5.41) is 11.2. The normalized spacial score (nSPS) is 12.1. The largest absolute Gasteiger partial charge is 0.480 e. The maximum absolute atomic E-state index is 10.8. The van der Waals surface area contributed by atoms with Crippen LogP contribution in [0.3, 0.4) is 0 Å². The second-order valence-electron chi connectivity index (χ2n) is 3.29. The average molecular weight is 211 g/mol. The van der Waals surface area contributed by atoms with Gasteiger partial charge in [0.05, 0.1) is 0 Å². The van der Waals surface area contributed by atoms with Gasteiger partial charge in [-0.1, -0.05) is 0 Å². The molecule has 15 heavy (non-hydrogen) atoms. The Labute approximate surface area is 86.7 Å². The minimum atomic E-state index is -1.06. The third-order valence-corrected chi connectivity index (χ3v) is 1.86. The van der Waals surface area contributed by atoms with E-state index in [2.05, 4.69) is 15.3 Å². The summed E-state index contributed by atoms with van der Waals surface area (Å²) in [6.07, 6.45) is 1.77. The summed E-state index contributed by atoms with van der Waals surface area (Å²) < 4.78 is 0. The van der Waals surface area contributed by atoms with Gasteiger partial charge < -0.3 is 15.4 Å². The smallest absolute Gasteiger partial charge is 0.326 e. The molecule has 82 valence electrons. The number of aromatic nitrogens is 2. The lowest BCUT2D eigenvalue weighted by molar-refractivity contribution is -0.141. The second kappa shape index (κ2) is 4.59. The maximum Gasteiger partial charge on any atom is 0.326 e. The number of hydrogen-bond acceptors (Lipinski definition) is 3. The average Bonchev–Trinajstić information content (AvgIpc) is 2.49. The SMILES string of the molecule is CC(=O)NC(Cc1cnc(C)[nH]1)C(=O)O. The quantitative estimate of drug-likeness (QED) is 0.645. The molecule has 0 aliphatic carbocycles. The summed E-state index contributed by atoms with van der Waals surface area (Å²) in [5.74, 6) is -0.701. The van der Waals surface area contributed by atoms with E-state index in [1.54, 1.807) is 13.1 Å². The van der Waals surface area contributed by atoms with E-state index in [-0.39, 0.29) is 12.3 Å². The summed E-state index contributed by atoms with van der Waals surface area (Å²) in [4.78, 5) is 28.4. The first-order chi connectivity index (χ1) is 6.99. The Bertz CT molecular complexity index is 372. The molecule has 0 bridgehead atoms. The molecule has 0 aliphatic rings. The van der Waals surface area contributed by atoms with Crippen molar-refractivity contribution in [2.75, 3.05) is 0 Å². The first-order valence-electron chi connectivity index (χ1n) is 4.49. The number of aryl methyl sites for hydroxylation is 1. The van der Waals surface area contributed by atoms with Gasteiger partial charge in [-0.15, -0.1) is 0 Å². The van der Waals surface area contributed by atoms with Crippen molar-refractivity contribution >= 4 is 11.9 Å². The van der Waals surface area contributed by atoms with Gasteiger partial charge in [0.2, 0.25) is 5.91 Å². The number of carbonyl (C=O) groups is 2. The van der Waals surface area contributed by atoms with E-state index in [9.17, 15) is 9.59 Å². The van der Waals surface area contributed by atoms with E-state index in [1.807, 2.05) is 0 Å². The summed E-state index contributed by atoms with van der Waals surface area (Å²) in [6.45, 7) is 3.06. The lowest BCUT2D eigenvalue weighted by Gasteiger charge is -2.11. The Balaban J connectivity index is 2.66. The Morgan fingerprint density at radius 3 is 2.73 bits per heavy atom. The van der Waals surface area contributed by atoms with Gasteiger partial charge in [-0.25, -0.2) is 9.78 Å². The molecule has 1 aromatic rings. The number of carbonyl (C=O) groups excluding carboxylic acids is 1. The Hall–Kier alpha value is -1.85. The second-order valence-corrected chi connectivity index (χ2v) is 3.29. The molecule has 0 aromatic carbocycles. The molecule has 3 N–H and O–H groups in total. The van der Waals surface area contributed by atoms with Crippen LogP contribution in [0.1, 0.15) is 18.4 Å². The number of imidazole rings is 1. The Kier molecular flexibility index (Phi) is 3.43. The molecule has 0 fully saturated rings. The zero-order valence-electron chi connectivity index (χ0n) is 8.57. The van der Waals surface area contributed by atoms with Crippen molar-refractivity contribution in [1.29, 1.82) is 0 Å². The van der Waals surface area contributed by atoms with Gasteiger partial charge >= 0.3 is 5.97 Å². The lowest BCUT2D eigenvalue weighted by atomic mass is 10.1. The van der Waals surface area contributed by atoms with Gasteiger partial charge in [0.25, 0.3) is 0 Å². The molecule has 0 radical (unpaired) electrons. The fourth-order valence-electron chi connectivity index (χ4n) is 1.24. The number of aromatic amines is 1. The van der Waals surface area contributed by atoms with Gasteiger partial charge in [0.15, 0.2) is 0 Å². The minimum Gasteiger partial charge on any atom is -0.480 e. The van der Waals surface area contributed by atoms with Crippen LogP contribution < -0.4 is 5.32 Å². The highest BCUT2D eigenvalue weighted by Gasteiger charge is 2.19. The van der Waals surface area contributed by atoms with Crippen molar-refractivity contribution in [3.05, 3.63) is 17.7 Å². The summed E-state index contributed by atoms with van der Waals surface area (Å²) in [7, 11) is 0. The molecule has 6 nitrogen and oxygen atoms in total. The predicted octanol–water partition coefficient (Wildman–Crippen LogP) is -0.150. The van der Waals surface area contributed by atoms with Crippen LogP contribution in [0.2, 0.25) is 0 Å². The fraction of sp³-hybridized carbons (Fsp3) is 0.444. The van der Waals surface area contributed by atoms with Crippen LogP contribution >= 0.6 is 0 Å². The number of amides is 1.